The molecule has 2 heterocycles. The van der Waals surface area contributed by atoms with E-state index in [1.807, 2.05) is 18.5 Å². The Hall–Kier alpha value is -0.930. The van der Waals surface area contributed by atoms with Gasteiger partial charge < -0.3 is 11.1 Å². The van der Waals surface area contributed by atoms with Gasteiger partial charge in [0.2, 0.25) is 0 Å². The first kappa shape index (κ1) is 10.6. The maximum atomic E-state index is 5.82. The predicted molar refractivity (Wildman–Crippen MR) is 61.6 cm³/mol. The highest BCUT2D eigenvalue weighted by Crippen LogP contribution is 2.31. The molecule has 0 bridgehead atoms. The highest BCUT2D eigenvalue weighted by molar-refractivity contribution is 5.17. The van der Waals surface area contributed by atoms with Crippen molar-refractivity contribution in [2.75, 3.05) is 13.1 Å². The summed E-state index contributed by atoms with van der Waals surface area (Å²) in [6, 6.07) is 4.76. The monoisotopic (exact) mass is 205 g/mol. The SMILES string of the molecule is CC1CC(c2cccnc2)C(CN)CN1. The van der Waals surface area contributed by atoms with Crippen LogP contribution in [0.3, 0.4) is 0 Å². The van der Waals surface area contributed by atoms with Gasteiger partial charge in [-0.2, -0.15) is 0 Å². The van der Waals surface area contributed by atoms with Crippen LogP contribution >= 0.6 is 0 Å². The zero-order valence-electron chi connectivity index (χ0n) is 9.19. The number of aromatic nitrogens is 1. The molecule has 1 aliphatic heterocycles. The van der Waals surface area contributed by atoms with Crippen molar-refractivity contribution in [3.8, 4) is 0 Å². The van der Waals surface area contributed by atoms with Gasteiger partial charge in [0.15, 0.2) is 0 Å². The van der Waals surface area contributed by atoms with Crippen molar-refractivity contribution in [1.29, 1.82) is 0 Å². The Morgan fingerprint density at radius 2 is 2.47 bits per heavy atom. The summed E-state index contributed by atoms with van der Waals surface area (Å²) in [4.78, 5) is 4.19. The first-order valence-corrected chi connectivity index (χ1v) is 5.64. The number of rotatable bonds is 2. The van der Waals surface area contributed by atoms with Gasteiger partial charge in [-0.25, -0.2) is 0 Å². The molecule has 2 rings (SSSR count). The van der Waals surface area contributed by atoms with Gasteiger partial charge >= 0.3 is 0 Å². The molecular weight excluding hydrogens is 186 g/mol. The van der Waals surface area contributed by atoms with E-state index in [1.54, 1.807) is 0 Å². The molecule has 0 aliphatic carbocycles. The van der Waals surface area contributed by atoms with Crippen molar-refractivity contribution in [2.45, 2.75) is 25.3 Å². The van der Waals surface area contributed by atoms with Crippen molar-refractivity contribution < 1.29 is 0 Å². The summed E-state index contributed by atoms with van der Waals surface area (Å²) < 4.78 is 0. The van der Waals surface area contributed by atoms with E-state index in [0.717, 1.165) is 19.5 Å². The van der Waals surface area contributed by atoms with Gasteiger partial charge in [-0.05, 0) is 49.9 Å². The second kappa shape index (κ2) is 4.73. The van der Waals surface area contributed by atoms with Gasteiger partial charge in [-0.3, -0.25) is 4.98 Å². The standard InChI is InChI=1S/C12H19N3/c1-9-5-12(11(6-13)8-15-9)10-3-2-4-14-7-10/h2-4,7,9,11-12,15H,5-6,8,13H2,1H3. The van der Waals surface area contributed by atoms with Crippen LogP contribution in [0.2, 0.25) is 0 Å². The number of pyridine rings is 1. The first-order valence-electron chi connectivity index (χ1n) is 5.64. The van der Waals surface area contributed by atoms with Crippen LogP contribution in [0, 0.1) is 5.92 Å². The van der Waals surface area contributed by atoms with E-state index >= 15 is 0 Å². The molecule has 1 aromatic rings. The Labute approximate surface area is 91.1 Å². The minimum atomic E-state index is 0.547. The maximum absolute atomic E-state index is 5.82. The lowest BCUT2D eigenvalue weighted by atomic mass is 9.79. The molecule has 3 N–H and O–H groups in total. The summed E-state index contributed by atoms with van der Waals surface area (Å²) in [7, 11) is 0. The molecular formula is C12H19N3. The first-order chi connectivity index (χ1) is 7.31. The Morgan fingerprint density at radius 1 is 1.60 bits per heavy atom. The molecule has 0 saturated carbocycles. The fraction of sp³-hybridized carbons (Fsp3) is 0.583. The van der Waals surface area contributed by atoms with Crippen molar-refractivity contribution >= 4 is 0 Å². The number of nitrogens with one attached hydrogen (secondary N) is 1. The second-order valence-electron chi connectivity index (χ2n) is 4.43. The van der Waals surface area contributed by atoms with E-state index in [1.165, 1.54) is 5.56 Å². The number of hydrogen-bond acceptors (Lipinski definition) is 3. The molecule has 1 fully saturated rings. The maximum Gasteiger partial charge on any atom is 0.0302 e. The van der Waals surface area contributed by atoms with Crippen LogP contribution in [0.4, 0.5) is 0 Å². The van der Waals surface area contributed by atoms with Crippen molar-refractivity contribution in [2.24, 2.45) is 11.7 Å². The summed E-state index contributed by atoms with van der Waals surface area (Å²) in [5, 5.41) is 3.48. The zero-order valence-corrected chi connectivity index (χ0v) is 9.19. The topological polar surface area (TPSA) is 50.9 Å². The molecule has 82 valence electrons. The largest absolute Gasteiger partial charge is 0.330 e. The average molecular weight is 205 g/mol. The van der Waals surface area contributed by atoms with Crippen LogP contribution in [0.5, 0.6) is 0 Å². The van der Waals surface area contributed by atoms with E-state index < -0.39 is 0 Å². The Balaban J connectivity index is 2.17. The molecule has 1 aromatic heterocycles. The van der Waals surface area contributed by atoms with E-state index in [2.05, 4.69) is 23.3 Å². The summed E-state index contributed by atoms with van der Waals surface area (Å²) in [5.74, 6) is 1.12. The third kappa shape index (κ3) is 2.36. The minimum Gasteiger partial charge on any atom is -0.330 e. The lowest BCUT2D eigenvalue weighted by molar-refractivity contribution is 0.284. The predicted octanol–water partition coefficient (Wildman–Crippen LogP) is 1.12. The zero-order chi connectivity index (χ0) is 10.7. The Bertz CT molecular complexity index is 299. The molecule has 0 spiro atoms. The normalized spacial score (nSPS) is 31.5. The number of hydrogen-bond donors (Lipinski definition) is 2. The molecule has 3 nitrogen and oxygen atoms in total. The highest BCUT2D eigenvalue weighted by Gasteiger charge is 2.28. The highest BCUT2D eigenvalue weighted by atomic mass is 14.9. The van der Waals surface area contributed by atoms with Crippen molar-refractivity contribution in [1.82, 2.24) is 10.3 Å². The Morgan fingerprint density at radius 3 is 3.13 bits per heavy atom. The van der Waals surface area contributed by atoms with E-state index in [9.17, 15) is 0 Å². The van der Waals surface area contributed by atoms with Gasteiger partial charge in [0.05, 0.1) is 0 Å². The Kier molecular flexibility index (Phi) is 3.34. The van der Waals surface area contributed by atoms with Crippen molar-refractivity contribution in [3.63, 3.8) is 0 Å². The molecule has 1 aliphatic rings. The van der Waals surface area contributed by atoms with Gasteiger partial charge in [0.25, 0.3) is 0 Å². The molecule has 15 heavy (non-hydrogen) atoms. The molecule has 3 unspecified atom stereocenters. The molecule has 3 heteroatoms. The third-order valence-corrected chi connectivity index (χ3v) is 3.32. The van der Waals surface area contributed by atoms with Crippen LogP contribution < -0.4 is 11.1 Å². The number of nitrogens with zero attached hydrogens (tertiary/aromatic N) is 1. The molecule has 1 saturated heterocycles. The van der Waals surface area contributed by atoms with Crippen LogP contribution in [-0.2, 0) is 0 Å². The van der Waals surface area contributed by atoms with Crippen LogP contribution in [0.25, 0.3) is 0 Å². The van der Waals surface area contributed by atoms with Gasteiger partial charge in [-0.1, -0.05) is 6.07 Å². The van der Waals surface area contributed by atoms with Crippen LogP contribution in [-0.4, -0.2) is 24.1 Å². The van der Waals surface area contributed by atoms with Gasteiger partial charge in [0, 0.05) is 18.4 Å². The number of nitrogens with two attached hydrogens (primary N) is 1. The lowest BCUT2D eigenvalue weighted by Crippen LogP contribution is -2.44. The van der Waals surface area contributed by atoms with E-state index in [0.29, 0.717) is 17.9 Å². The fourth-order valence-electron chi connectivity index (χ4n) is 2.40. The quantitative estimate of drug-likeness (QED) is 0.760. The molecule has 3 atom stereocenters. The molecule has 0 radical (unpaired) electrons. The van der Waals surface area contributed by atoms with Crippen LogP contribution in [0.1, 0.15) is 24.8 Å². The summed E-state index contributed by atoms with van der Waals surface area (Å²) in [6.07, 6.45) is 4.96. The summed E-state index contributed by atoms with van der Waals surface area (Å²) in [5.41, 5.74) is 7.15. The smallest absolute Gasteiger partial charge is 0.0302 e. The third-order valence-electron chi connectivity index (χ3n) is 3.32. The average Bonchev–Trinajstić information content (AvgIpc) is 2.30. The number of piperidine rings is 1. The molecule has 0 amide bonds. The second-order valence-corrected chi connectivity index (χ2v) is 4.43. The van der Waals surface area contributed by atoms with Crippen LogP contribution in [0.15, 0.2) is 24.5 Å². The van der Waals surface area contributed by atoms with E-state index in [4.69, 9.17) is 5.73 Å². The van der Waals surface area contributed by atoms with Crippen molar-refractivity contribution in [3.05, 3.63) is 30.1 Å². The van der Waals surface area contributed by atoms with E-state index in [-0.39, 0.29) is 0 Å². The van der Waals surface area contributed by atoms with Gasteiger partial charge in [-0.15, -0.1) is 0 Å². The summed E-state index contributed by atoms with van der Waals surface area (Å²) >= 11 is 0. The molecule has 0 aromatic carbocycles. The lowest BCUT2D eigenvalue weighted by Gasteiger charge is -2.35. The van der Waals surface area contributed by atoms with Gasteiger partial charge in [0.1, 0.15) is 0 Å². The summed E-state index contributed by atoms with van der Waals surface area (Å²) in [6.45, 7) is 4.01. The minimum absolute atomic E-state index is 0.547. The fourth-order valence-corrected chi connectivity index (χ4v) is 2.40.